The van der Waals surface area contributed by atoms with Gasteiger partial charge in [0, 0.05) is 5.56 Å². The van der Waals surface area contributed by atoms with Crippen LogP contribution in [0.4, 0.5) is 0 Å². The third kappa shape index (κ3) is 2.85. The van der Waals surface area contributed by atoms with Crippen LogP contribution in [0.25, 0.3) is 22.2 Å². The molecule has 5 nitrogen and oxygen atoms in total. The van der Waals surface area contributed by atoms with E-state index in [1.165, 1.54) is 17.5 Å². The summed E-state index contributed by atoms with van der Waals surface area (Å²) in [5.41, 5.74) is 1.70. The second kappa shape index (κ2) is 5.88. The Balaban J connectivity index is 1.85. The third-order valence-electron chi connectivity index (χ3n) is 2.74. The highest BCUT2D eigenvalue weighted by Gasteiger charge is 2.16. The number of ether oxygens (including phenoxy) is 1. The molecule has 0 atom stereocenters. The monoisotopic (exact) mass is 300 g/mol. The highest BCUT2D eigenvalue weighted by Crippen LogP contribution is 2.28. The van der Waals surface area contributed by atoms with Gasteiger partial charge in [0.25, 0.3) is 5.89 Å². The molecule has 0 aliphatic rings. The van der Waals surface area contributed by atoms with Gasteiger partial charge in [-0.3, -0.25) is 0 Å². The number of aromatic nitrogens is 2. The van der Waals surface area contributed by atoms with Crippen molar-refractivity contribution in [3.05, 3.63) is 47.7 Å². The molecule has 0 aliphatic carbocycles. The molecule has 0 saturated carbocycles. The summed E-state index contributed by atoms with van der Waals surface area (Å²) in [5, 5.41) is 0.556. The molecule has 0 N–H and O–H groups in total. The lowest BCUT2D eigenvalue weighted by molar-refractivity contribution is 0.0532. The number of rotatable bonds is 4. The van der Waals surface area contributed by atoms with Crippen molar-refractivity contribution >= 4 is 17.3 Å². The molecule has 1 aromatic carbocycles. The van der Waals surface area contributed by atoms with E-state index in [0.717, 1.165) is 11.3 Å². The second-order valence-corrected chi connectivity index (χ2v) is 5.18. The highest BCUT2D eigenvalue weighted by molar-refractivity contribution is 7.16. The van der Waals surface area contributed by atoms with Crippen LogP contribution in [0.15, 0.2) is 47.2 Å². The number of nitrogens with zero attached hydrogens (tertiary/aromatic N) is 2. The maximum atomic E-state index is 11.6. The number of esters is 1. The average molecular weight is 300 g/mol. The van der Waals surface area contributed by atoms with E-state index in [9.17, 15) is 4.79 Å². The molecular weight excluding hydrogens is 288 g/mol. The number of benzene rings is 1. The van der Waals surface area contributed by atoms with Gasteiger partial charge in [-0.2, -0.15) is 0 Å². The Morgan fingerprint density at radius 1 is 1.33 bits per heavy atom. The predicted octanol–water partition coefficient (Wildman–Crippen LogP) is 3.64. The summed E-state index contributed by atoms with van der Waals surface area (Å²) in [6, 6.07) is 9.72. The SMILES string of the molecule is CCOC(=O)c1cnc(-c2nc(-c3ccccc3)co2)s1. The van der Waals surface area contributed by atoms with Crippen LogP contribution in [-0.2, 0) is 4.74 Å². The number of thiazole rings is 1. The van der Waals surface area contributed by atoms with E-state index in [1.807, 2.05) is 30.3 Å². The standard InChI is InChI=1S/C15H12N2O3S/c1-2-19-15(18)12-8-16-14(21-12)13-17-11(9-20-13)10-6-4-3-5-7-10/h3-9H,2H2,1H3. The van der Waals surface area contributed by atoms with Crippen LogP contribution in [0.2, 0.25) is 0 Å². The fourth-order valence-electron chi connectivity index (χ4n) is 1.78. The van der Waals surface area contributed by atoms with Crippen molar-refractivity contribution in [3.63, 3.8) is 0 Å². The number of hydrogen-bond donors (Lipinski definition) is 0. The van der Waals surface area contributed by atoms with Crippen molar-refractivity contribution < 1.29 is 13.9 Å². The second-order valence-electron chi connectivity index (χ2n) is 4.15. The van der Waals surface area contributed by atoms with Crippen molar-refractivity contribution in [2.45, 2.75) is 6.92 Å². The summed E-state index contributed by atoms with van der Waals surface area (Å²) >= 11 is 1.20. The van der Waals surface area contributed by atoms with Crippen LogP contribution < -0.4 is 0 Å². The zero-order valence-electron chi connectivity index (χ0n) is 11.3. The van der Waals surface area contributed by atoms with Crippen LogP contribution in [0, 0.1) is 0 Å². The molecular formula is C15H12N2O3S. The maximum Gasteiger partial charge on any atom is 0.349 e. The number of oxazole rings is 1. The molecule has 0 aliphatic heterocycles. The van der Waals surface area contributed by atoms with E-state index in [-0.39, 0.29) is 5.97 Å². The van der Waals surface area contributed by atoms with E-state index in [1.54, 1.807) is 13.2 Å². The van der Waals surface area contributed by atoms with Crippen LogP contribution in [0.5, 0.6) is 0 Å². The maximum absolute atomic E-state index is 11.6. The lowest BCUT2D eigenvalue weighted by atomic mass is 10.2. The van der Waals surface area contributed by atoms with E-state index in [4.69, 9.17) is 9.15 Å². The molecule has 106 valence electrons. The van der Waals surface area contributed by atoms with Crippen LogP contribution in [0.3, 0.4) is 0 Å². The molecule has 0 saturated heterocycles. The van der Waals surface area contributed by atoms with Crippen molar-refractivity contribution in [1.29, 1.82) is 0 Å². The van der Waals surface area contributed by atoms with Gasteiger partial charge in [-0.25, -0.2) is 14.8 Å². The number of hydrogen-bond acceptors (Lipinski definition) is 6. The summed E-state index contributed by atoms with van der Waals surface area (Å²) in [6.07, 6.45) is 3.06. The van der Waals surface area contributed by atoms with E-state index in [0.29, 0.717) is 22.4 Å². The third-order valence-corrected chi connectivity index (χ3v) is 3.70. The van der Waals surface area contributed by atoms with Crippen molar-refractivity contribution in [2.24, 2.45) is 0 Å². The first kappa shape index (κ1) is 13.5. The van der Waals surface area contributed by atoms with E-state index < -0.39 is 0 Å². The van der Waals surface area contributed by atoms with Gasteiger partial charge in [0.05, 0.1) is 12.8 Å². The topological polar surface area (TPSA) is 65.2 Å². The molecule has 0 spiro atoms. The molecule has 21 heavy (non-hydrogen) atoms. The molecule has 2 aromatic heterocycles. The minimum Gasteiger partial charge on any atom is -0.462 e. The van der Waals surface area contributed by atoms with Crippen molar-refractivity contribution in [1.82, 2.24) is 9.97 Å². The van der Waals surface area contributed by atoms with E-state index in [2.05, 4.69) is 9.97 Å². The summed E-state index contributed by atoms with van der Waals surface area (Å²) in [4.78, 5) is 20.6. The van der Waals surface area contributed by atoms with Crippen LogP contribution in [0.1, 0.15) is 16.6 Å². The summed E-state index contributed by atoms with van der Waals surface area (Å²) in [6.45, 7) is 2.10. The quantitative estimate of drug-likeness (QED) is 0.688. The number of carbonyl (C=O) groups excluding carboxylic acids is 1. The lowest BCUT2D eigenvalue weighted by Gasteiger charge is -1.95. The first-order chi connectivity index (χ1) is 10.3. The Bertz CT molecular complexity index is 749. The predicted molar refractivity (Wildman–Crippen MR) is 79.0 cm³/mol. The normalized spacial score (nSPS) is 10.5. The zero-order chi connectivity index (χ0) is 14.7. The van der Waals surface area contributed by atoms with E-state index >= 15 is 0 Å². The van der Waals surface area contributed by atoms with Gasteiger partial charge in [-0.15, -0.1) is 11.3 Å². The molecule has 0 amide bonds. The Morgan fingerprint density at radius 2 is 2.14 bits per heavy atom. The summed E-state index contributed by atoms with van der Waals surface area (Å²) in [7, 11) is 0. The first-order valence-corrected chi connectivity index (χ1v) is 7.24. The molecule has 0 radical (unpaired) electrons. The zero-order valence-corrected chi connectivity index (χ0v) is 12.1. The lowest BCUT2D eigenvalue weighted by Crippen LogP contribution is -2.01. The van der Waals surface area contributed by atoms with Gasteiger partial charge >= 0.3 is 5.97 Å². The summed E-state index contributed by atoms with van der Waals surface area (Å²) < 4.78 is 10.4. The van der Waals surface area contributed by atoms with Gasteiger partial charge in [-0.1, -0.05) is 30.3 Å². The average Bonchev–Trinajstić information content (AvgIpc) is 3.17. The Labute approximate surface area is 125 Å². The van der Waals surface area contributed by atoms with Gasteiger partial charge in [0.15, 0.2) is 5.01 Å². The minimum absolute atomic E-state index is 0.337. The van der Waals surface area contributed by atoms with Gasteiger partial charge in [0.1, 0.15) is 16.8 Å². The van der Waals surface area contributed by atoms with Crippen molar-refractivity contribution in [3.8, 4) is 22.2 Å². The molecule has 6 heteroatoms. The Kier molecular flexibility index (Phi) is 3.79. The highest BCUT2D eigenvalue weighted by atomic mass is 32.1. The van der Waals surface area contributed by atoms with Crippen LogP contribution >= 0.6 is 11.3 Å². The first-order valence-electron chi connectivity index (χ1n) is 6.42. The Hall–Kier alpha value is -2.47. The minimum atomic E-state index is -0.379. The Morgan fingerprint density at radius 3 is 2.90 bits per heavy atom. The molecule has 0 unspecified atom stereocenters. The molecule has 0 fully saturated rings. The van der Waals surface area contributed by atoms with Gasteiger partial charge in [0.2, 0.25) is 0 Å². The smallest absolute Gasteiger partial charge is 0.349 e. The molecule has 3 aromatic rings. The summed E-state index contributed by atoms with van der Waals surface area (Å²) in [5.74, 6) is 0.0190. The van der Waals surface area contributed by atoms with Crippen molar-refractivity contribution in [2.75, 3.05) is 6.61 Å². The van der Waals surface area contributed by atoms with Crippen LogP contribution in [-0.4, -0.2) is 22.5 Å². The molecule has 0 bridgehead atoms. The largest absolute Gasteiger partial charge is 0.462 e. The molecule has 3 rings (SSSR count). The van der Waals surface area contributed by atoms with Gasteiger partial charge in [-0.05, 0) is 6.92 Å². The molecule has 2 heterocycles. The number of carbonyl (C=O) groups is 1. The fraction of sp³-hybridized carbons (Fsp3) is 0.133. The fourth-order valence-corrected chi connectivity index (χ4v) is 2.53. The van der Waals surface area contributed by atoms with Gasteiger partial charge < -0.3 is 9.15 Å².